The summed E-state index contributed by atoms with van der Waals surface area (Å²) in [5.74, 6) is -0.343. The van der Waals surface area contributed by atoms with E-state index in [1.54, 1.807) is 0 Å². The largest absolute Gasteiger partial charge is 0.756 e. The molecule has 0 saturated carbocycles. The molecule has 0 rings (SSSR count). The zero-order chi connectivity index (χ0) is 50.5. The van der Waals surface area contributed by atoms with Crippen LogP contribution in [0.15, 0.2) is 85.1 Å². The number of ether oxygens (including phenoxy) is 2. The zero-order valence-electron chi connectivity index (χ0n) is 45.5. The Balaban J connectivity index is 4.15. The van der Waals surface area contributed by atoms with Gasteiger partial charge in [-0.2, -0.15) is 0 Å². The second-order valence-electron chi connectivity index (χ2n) is 19.9. The van der Waals surface area contributed by atoms with Crippen LogP contribution in [0.2, 0.25) is 0 Å². The first-order chi connectivity index (χ1) is 33.6. The van der Waals surface area contributed by atoms with E-state index in [4.69, 9.17) is 18.5 Å². The lowest BCUT2D eigenvalue weighted by Crippen LogP contribution is -2.37. The number of carbonyl (C=O) groups is 1. The van der Waals surface area contributed by atoms with Crippen LogP contribution in [0, 0.1) is 0 Å². The topological polar surface area (TPSA) is 94.1 Å². The minimum atomic E-state index is -4.55. The van der Waals surface area contributed by atoms with Crippen LogP contribution in [0.5, 0.6) is 0 Å². The molecule has 2 unspecified atom stereocenters. The van der Waals surface area contributed by atoms with Gasteiger partial charge in [-0.25, -0.2) is 0 Å². The first-order valence-corrected chi connectivity index (χ1v) is 29.8. The Morgan fingerprint density at radius 3 is 1.28 bits per heavy atom. The van der Waals surface area contributed by atoms with Crippen LogP contribution < -0.4 is 4.89 Å². The van der Waals surface area contributed by atoms with E-state index >= 15 is 0 Å². The number of carbonyl (C=O) groups excluding carboxylic acids is 1. The highest BCUT2D eigenvalue weighted by molar-refractivity contribution is 7.45. The number of hydrogen-bond acceptors (Lipinski definition) is 7. The summed E-state index contributed by atoms with van der Waals surface area (Å²) in [6, 6.07) is 0. The smallest absolute Gasteiger partial charge is 0.306 e. The molecule has 0 aliphatic carbocycles. The average molecular weight is 986 g/mol. The Kier molecular flexibility index (Phi) is 50.3. The highest BCUT2D eigenvalue weighted by Gasteiger charge is 2.20. The Labute approximate surface area is 426 Å². The molecule has 9 heteroatoms. The Morgan fingerprint density at radius 2 is 0.841 bits per heavy atom. The van der Waals surface area contributed by atoms with E-state index in [1.807, 2.05) is 21.1 Å². The lowest BCUT2D eigenvalue weighted by molar-refractivity contribution is -0.870. The molecule has 0 aliphatic heterocycles. The number of quaternary nitrogens is 1. The van der Waals surface area contributed by atoms with E-state index in [9.17, 15) is 14.3 Å². The molecule has 8 nitrogen and oxygen atoms in total. The predicted molar refractivity (Wildman–Crippen MR) is 295 cm³/mol. The van der Waals surface area contributed by atoms with E-state index in [2.05, 4.69) is 98.9 Å². The normalized spacial score (nSPS) is 14.1. The Bertz CT molecular complexity index is 1380. The van der Waals surface area contributed by atoms with Crippen molar-refractivity contribution in [3.05, 3.63) is 85.1 Å². The van der Waals surface area contributed by atoms with Gasteiger partial charge in [0.1, 0.15) is 19.3 Å². The monoisotopic (exact) mass is 986 g/mol. The number of rotatable bonds is 52. The fraction of sp³-hybridized carbons (Fsp3) is 0.750. The van der Waals surface area contributed by atoms with Crippen molar-refractivity contribution in [1.82, 2.24) is 0 Å². The van der Waals surface area contributed by atoms with Gasteiger partial charge in [-0.1, -0.05) is 221 Å². The molecule has 0 aromatic rings. The minimum absolute atomic E-state index is 0.0180. The second kappa shape index (κ2) is 52.0. The van der Waals surface area contributed by atoms with Crippen LogP contribution in [0.1, 0.15) is 232 Å². The fourth-order valence-corrected chi connectivity index (χ4v) is 8.33. The van der Waals surface area contributed by atoms with E-state index in [0.29, 0.717) is 24.1 Å². The van der Waals surface area contributed by atoms with Crippen LogP contribution >= 0.6 is 7.82 Å². The Hall–Kier alpha value is -2.32. The maximum absolute atomic E-state index is 12.8. The van der Waals surface area contributed by atoms with Gasteiger partial charge >= 0.3 is 5.97 Å². The van der Waals surface area contributed by atoms with Crippen molar-refractivity contribution >= 4 is 13.8 Å². The molecule has 400 valence electrons. The third kappa shape index (κ3) is 56.5. The van der Waals surface area contributed by atoms with Crippen molar-refractivity contribution in [2.45, 2.75) is 238 Å². The van der Waals surface area contributed by atoms with Crippen molar-refractivity contribution in [1.29, 1.82) is 0 Å². The second-order valence-corrected chi connectivity index (χ2v) is 21.3. The van der Waals surface area contributed by atoms with Gasteiger partial charge in [0.05, 0.1) is 34.4 Å². The zero-order valence-corrected chi connectivity index (χ0v) is 46.4. The first-order valence-electron chi connectivity index (χ1n) is 28.3. The highest BCUT2D eigenvalue weighted by Crippen LogP contribution is 2.38. The van der Waals surface area contributed by atoms with Gasteiger partial charge in [-0.3, -0.25) is 9.36 Å². The van der Waals surface area contributed by atoms with Crippen molar-refractivity contribution in [2.75, 3.05) is 54.1 Å². The number of nitrogens with zero attached hydrogens (tertiary/aromatic N) is 1. The number of unbranched alkanes of at least 4 members (excludes halogenated alkanes) is 24. The number of allylic oxidation sites excluding steroid dienone is 14. The first kappa shape index (κ1) is 66.7. The van der Waals surface area contributed by atoms with Crippen LogP contribution in [-0.2, 0) is 27.9 Å². The number of likely N-dealkylation sites (N-methyl/N-ethyl adjacent to an activating group) is 1. The summed E-state index contributed by atoms with van der Waals surface area (Å²) in [5.41, 5.74) is 0. The summed E-state index contributed by atoms with van der Waals surface area (Å²) in [5, 5.41) is 0. The molecule has 0 fully saturated rings. The molecular formula is C60H108NO7P. The maximum atomic E-state index is 12.8. The molecule has 0 aliphatic rings. The molecular weight excluding hydrogens is 878 g/mol. The molecule has 0 N–H and O–H groups in total. The fourth-order valence-electron chi connectivity index (χ4n) is 7.60. The van der Waals surface area contributed by atoms with Crippen LogP contribution in [-0.4, -0.2) is 70.7 Å². The predicted octanol–water partition coefficient (Wildman–Crippen LogP) is 17.3. The molecule has 0 bridgehead atoms. The summed E-state index contributed by atoms with van der Waals surface area (Å²) in [7, 11) is 1.34. The van der Waals surface area contributed by atoms with Gasteiger partial charge < -0.3 is 27.9 Å². The summed E-state index contributed by atoms with van der Waals surface area (Å²) >= 11 is 0. The molecule has 0 radical (unpaired) electrons. The van der Waals surface area contributed by atoms with Crippen molar-refractivity contribution in [2.24, 2.45) is 0 Å². The van der Waals surface area contributed by atoms with Crippen LogP contribution in [0.25, 0.3) is 0 Å². The SMILES string of the molecule is CC/C=C\C/C=C\C/C=C\C/C=C\C/C=C\C/C=C\CCCCCCCOCC(COP(=O)([O-])OCC[N+](C)(C)C)OC(=O)CCCCCCCCCCCCC/C=C\CCCCCCCCCC. The van der Waals surface area contributed by atoms with Gasteiger partial charge in [0.2, 0.25) is 0 Å². The maximum Gasteiger partial charge on any atom is 0.306 e. The molecule has 0 saturated heterocycles. The van der Waals surface area contributed by atoms with E-state index in [-0.39, 0.29) is 25.8 Å². The summed E-state index contributed by atoms with van der Waals surface area (Å²) in [4.78, 5) is 25.3. The molecule has 0 spiro atoms. The van der Waals surface area contributed by atoms with Crippen molar-refractivity contribution in [3.63, 3.8) is 0 Å². The van der Waals surface area contributed by atoms with Gasteiger partial charge in [-0.05, 0) is 89.9 Å². The molecule has 0 aromatic carbocycles. The summed E-state index contributed by atoms with van der Waals surface area (Å²) in [6.07, 6.45) is 70.5. The van der Waals surface area contributed by atoms with Gasteiger partial charge in [0, 0.05) is 13.0 Å². The van der Waals surface area contributed by atoms with Gasteiger partial charge in [-0.15, -0.1) is 0 Å². The quantitative estimate of drug-likeness (QED) is 0.0197. The minimum Gasteiger partial charge on any atom is -0.756 e. The lowest BCUT2D eigenvalue weighted by atomic mass is 10.0. The van der Waals surface area contributed by atoms with Crippen molar-refractivity contribution < 1.29 is 37.3 Å². The number of phosphoric ester groups is 1. The van der Waals surface area contributed by atoms with Crippen LogP contribution in [0.3, 0.4) is 0 Å². The summed E-state index contributed by atoms with van der Waals surface area (Å²) in [6.45, 7) is 5.26. The standard InChI is InChI=1S/C60H108NO7P/c1-6-8-10-12-14-16-18-20-22-24-26-28-30-32-34-36-38-40-42-44-46-48-50-52-55-65-57-59(58-67-69(63,64)66-56-54-61(3,4)5)68-60(62)53-51-49-47-45-43-41-39-37-35-33-31-29-27-25-23-21-19-17-15-13-11-9-7-2/h8,10,14,16,20,22,25-28,32,34,38,40,59H,6-7,9,11-13,15,17-19,21,23-24,29-31,33,35-37,39,41-58H2,1-5H3/b10-8-,16-14-,22-20-,27-25-,28-26-,34-32-,40-38-. The van der Waals surface area contributed by atoms with E-state index in [0.717, 1.165) is 83.5 Å². The molecule has 2 atom stereocenters. The third-order valence-electron chi connectivity index (χ3n) is 11.9. The highest BCUT2D eigenvalue weighted by atomic mass is 31.2. The van der Waals surface area contributed by atoms with Gasteiger partial charge in [0.25, 0.3) is 7.82 Å². The number of phosphoric acid groups is 1. The Morgan fingerprint density at radius 1 is 0.464 bits per heavy atom. The van der Waals surface area contributed by atoms with E-state index < -0.39 is 13.9 Å². The molecule has 0 amide bonds. The van der Waals surface area contributed by atoms with E-state index in [1.165, 1.54) is 128 Å². The average Bonchev–Trinajstić information content (AvgIpc) is 3.31. The third-order valence-corrected chi connectivity index (χ3v) is 12.9. The molecule has 69 heavy (non-hydrogen) atoms. The van der Waals surface area contributed by atoms with Crippen LogP contribution in [0.4, 0.5) is 0 Å². The number of esters is 1. The summed E-state index contributed by atoms with van der Waals surface area (Å²) < 4.78 is 34.8. The van der Waals surface area contributed by atoms with Gasteiger partial charge in [0.15, 0.2) is 0 Å². The number of hydrogen-bond donors (Lipinski definition) is 0. The van der Waals surface area contributed by atoms with Crippen molar-refractivity contribution in [3.8, 4) is 0 Å². The lowest BCUT2D eigenvalue weighted by Gasteiger charge is -2.28. The molecule has 0 aromatic heterocycles. The molecule has 0 heterocycles.